The van der Waals surface area contributed by atoms with E-state index in [0.717, 1.165) is 100 Å². The highest BCUT2D eigenvalue weighted by atomic mass is 16.3. The van der Waals surface area contributed by atoms with Gasteiger partial charge in [0.25, 0.3) is 0 Å². The molecular weight excluding hydrogens is 759 g/mol. The summed E-state index contributed by atoms with van der Waals surface area (Å²) in [6.45, 7) is 0. The van der Waals surface area contributed by atoms with Crippen molar-refractivity contribution in [3.8, 4) is 51.0 Å². The molecular formula is C56H35N5O. The van der Waals surface area contributed by atoms with Crippen LogP contribution in [0.4, 0.5) is 0 Å². The molecule has 0 aliphatic heterocycles. The van der Waals surface area contributed by atoms with Gasteiger partial charge in [-0.2, -0.15) is 0 Å². The van der Waals surface area contributed by atoms with Crippen molar-refractivity contribution >= 4 is 65.6 Å². The molecule has 4 heterocycles. The van der Waals surface area contributed by atoms with E-state index >= 15 is 0 Å². The van der Waals surface area contributed by atoms with E-state index in [1.54, 1.807) is 0 Å². The molecule has 0 N–H and O–H groups in total. The molecule has 0 amide bonds. The molecule has 0 spiro atoms. The zero-order valence-corrected chi connectivity index (χ0v) is 33.4. The van der Waals surface area contributed by atoms with E-state index < -0.39 is 0 Å². The van der Waals surface area contributed by atoms with E-state index in [9.17, 15) is 0 Å². The Kier molecular flexibility index (Phi) is 7.50. The molecule has 0 aliphatic carbocycles. The van der Waals surface area contributed by atoms with Gasteiger partial charge in [0.2, 0.25) is 0 Å². The van der Waals surface area contributed by atoms with Crippen molar-refractivity contribution in [2.24, 2.45) is 0 Å². The van der Waals surface area contributed by atoms with Gasteiger partial charge in [-0.1, -0.05) is 152 Å². The number of rotatable bonds is 6. The molecule has 0 aliphatic rings. The van der Waals surface area contributed by atoms with Crippen LogP contribution in [-0.4, -0.2) is 23.9 Å². The van der Waals surface area contributed by atoms with Gasteiger partial charge in [0.1, 0.15) is 5.58 Å². The van der Waals surface area contributed by atoms with Crippen LogP contribution in [0.1, 0.15) is 0 Å². The Morgan fingerprint density at radius 1 is 0.339 bits per heavy atom. The molecule has 0 radical (unpaired) electrons. The van der Waals surface area contributed by atoms with Gasteiger partial charge in [0.05, 0.1) is 33.4 Å². The third-order valence-corrected chi connectivity index (χ3v) is 12.4. The smallest absolute Gasteiger partial charge is 0.168 e. The highest BCUT2D eigenvalue weighted by Gasteiger charge is 2.22. The van der Waals surface area contributed by atoms with Crippen molar-refractivity contribution in [3.63, 3.8) is 0 Å². The first-order chi connectivity index (χ1) is 30.8. The Balaban J connectivity index is 1.00. The van der Waals surface area contributed by atoms with E-state index in [0.29, 0.717) is 0 Å². The lowest BCUT2D eigenvalue weighted by Gasteiger charge is -2.16. The van der Waals surface area contributed by atoms with Crippen LogP contribution in [0.15, 0.2) is 217 Å². The fourth-order valence-corrected chi connectivity index (χ4v) is 9.66. The highest BCUT2D eigenvalue weighted by molar-refractivity contribution is 6.21. The quantitative estimate of drug-likeness (QED) is 0.168. The molecule has 6 heteroatoms. The number of nitrogens with zero attached hydrogens (tertiary/aromatic N) is 5. The van der Waals surface area contributed by atoms with Crippen LogP contribution in [-0.2, 0) is 0 Å². The normalized spacial score (nSPS) is 11.9. The SMILES string of the molecule is c1ccc(-c2nnc(-c3ccccc3)n2-c2ccc3c(c2)c2ccccc2n3-c2cccc(-c3ccccc3-n3c4ccccc4c4ccc5c6ccccc6oc5c43)c2)cc1. The van der Waals surface area contributed by atoms with Gasteiger partial charge in [0, 0.05) is 54.7 Å². The van der Waals surface area contributed by atoms with Gasteiger partial charge in [0.15, 0.2) is 17.2 Å². The average Bonchev–Trinajstić information content (AvgIpc) is 4.12. The summed E-state index contributed by atoms with van der Waals surface area (Å²) in [5.74, 6) is 1.59. The number of aromatic nitrogens is 5. The molecule has 62 heavy (non-hydrogen) atoms. The predicted octanol–water partition coefficient (Wildman–Crippen LogP) is 14.4. The molecule has 0 atom stereocenters. The molecule has 9 aromatic carbocycles. The Labute approximate surface area is 355 Å². The van der Waals surface area contributed by atoms with Crippen LogP contribution in [0.5, 0.6) is 0 Å². The van der Waals surface area contributed by atoms with Crippen molar-refractivity contribution in [3.05, 3.63) is 212 Å². The third kappa shape index (κ3) is 5.10. The van der Waals surface area contributed by atoms with Gasteiger partial charge in [-0.15, -0.1) is 10.2 Å². The Bertz CT molecular complexity index is 3810. The standard InChI is InChI=1S/C56H35N5O/c1-3-16-36(17-4-1)55-57-58-56(37-18-5-2-6-19-37)60(55)40-30-33-51-47(35-40)43-24-9-12-27-49(43)59(51)39-21-15-20-38(34-39)41-22-7-11-26-48(41)61-50-28-13-8-23-42(50)45-31-32-46-44-25-10-14-29-52(44)62-54(46)53(45)61/h1-35H. The maximum atomic E-state index is 6.71. The maximum Gasteiger partial charge on any atom is 0.168 e. The summed E-state index contributed by atoms with van der Waals surface area (Å²) < 4.78 is 13.7. The average molecular weight is 794 g/mol. The number of hydrogen-bond acceptors (Lipinski definition) is 3. The summed E-state index contributed by atoms with van der Waals surface area (Å²) in [5.41, 5.74) is 13.7. The fourth-order valence-electron chi connectivity index (χ4n) is 9.66. The fraction of sp³-hybridized carbons (Fsp3) is 0. The van der Waals surface area contributed by atoms with Gasteiger partial charge in [-0.25, -0.2) is 0 Å². The summed E-state index contributed by atoms with van der Waals surface area (Å²) in [6, 6.07) is 75.1. The minimum atomic E-state index is 0.795. The number of benzene rings is 9. The zero-order valence-electron chi connectivity index (χ0n) is 33.4. The highest BCUT2D eigenvalue weighted by Crippen LogP contribution is 2.43. The Morgan fingerprint density at radius 3 is 1.66 bits per heavy atom. The van der Waals surface area contributed by atoms with Crippen LogP contribution in [0.3, 0.4) is 0 Å². The van der Waals surface area contributed by atoms with Crippen molar-refractivity contribution in [1.29, 1.82) is 0 Å². The summed E-state index contributed by atoms with van der Waals surface area (Å²) >= 11 is 0. The van der Waals surface area contributed by atoms with Crippen molar-refractivity contribution < 1.29 is 4.42 Å². The van der Waals surface area contributed by atoms with E-state index in [1.807, 2.05) is 42.5 Å². The Morgan fingerprint density at radius 2 is 0.903 bits per heavy atom. The van der Waals surface area contributed by atoms with Gasteiger partial charge in [-0.05, 0) is 66.2 Å². The van der Waals surface area contributed by atoms with E-state index in [4.69, 9.17) is 14.6 Å². The van der Waals surface area contributed by atoms with Gasteiger partial charge >= 0.3 is 0 Å². The summed E-state index contributed by atoms with van der Waals surface area (Å²) in [4.78, 5) is 0. The van der Waals surface area contributed by atoms with E-state index in [-0.39, 0.29) is 0 Å². The van der Waals surface area contributed by atoms with Crippen LogP contribution in [0.25, 0.3) is 117 Å². The molecule has 0 saturated carbocycles. The lowest BCUT2D eigenvalue weighted by molar-refractivity contribution is 0.671. The second kappa shape index (κ2) is 13.5. The Hall–Kier alpha value is -8.48. The molecule has 6 nitrogen and oxygen atoms in total. The molecule has 0 saturated heterocycles. The van der Waals surface area contributed by atoms with Gasteiger partial charge in [-0.3, -0.25) is 4.57 Å². The minimum Gasteiger partial charge on any atom is -0.454 e. The van der Waals surface area contributed by atoms with Crippen LogP contribution in [0, 0.1) is 0 Å². The number of fused-ring (bicyclic) bond motifs is 10. The van der Waals surface area contributed by atoms with Gasteiger partial charge < -0.3 is 13.6 Å². The molecule has 0 fully saturated rings. The first-order valence-electron chi connectivity index (χ1n) is 20.9. The first kappa shape index (κ1) is 34.4. The zero-order chi connectivity index (χ0) is 40.7. The second-order valence-corrected chi connectivity index (χ2v) is 15.8. The van der Waals surface area contributed by atoms with Crippen molar-refractivity contribution in [2.75, 3.05) is 0 Å². The molecule has 0 unspecified atom stereocenters. The molecule has 4 aromatic heterocycles. The third-order valence-electron chi connectivity index (χ3n) is 12.4. The van der Waals surface area contributed by atoms with E-state index in [2.05, 4.69) is 184 Å². The maximum absolute atomic E-state index is 6.71. The minimum absolute atomic E-state index is 0.795. The molecule has 0 bridgehead atoms. The number of para-hydroxylation sites is 4. The van der Waals surface area contributed by atoms with Crippen molar-refractivity contribution in [1.82, 2.24) is 23.9 Å². The predicted molar refractivity (Wildman–Crippen MR) is 254 cm³/mol. The number of furan rings is 1. The molecule has 13 aromatic rings. The monoisotopic (exact) mass is 793 g/mol. The van der Waals surface area contributed by atoms with Crippen LogP contribution < -0.4 is 0 Å². The largest absolute Gasteiger partial charge is 0.454 e. The van der Waals surface area contributed by atoms with Crippen LogP contribution in [0.2, 0.25) is 0 Å². The lowest BCUT2D eigenvalue weighted by atomic mass is 10.0. The topological polar surface area (TPSA) is 53.7 Å². The number of hydrogen-bond donors (Lipinski definition) is 0. The molecule has 290 valence electrons. The molecule has 13 rings (SSSR count). The first-order valence-corrected chi connectivity index (χ1v) is 20.9. The summed E-state index contributed by atoms with van der Waals surface area (Å²) in [5, 5.41) is 16.4. The second-order valence-electron chi connectivity index (χ2n) is 15.8. The van der Waals surface area contributed by atoms with E-state index in [1.165, 1.54) is 16.2 Å². The summed E-state index contributed by atoms with van der Waals surface area (Å²) in [6.07, 6.45) is 0. The lowest BCUT2D eigenvalue weighted by Crippen LogP contribution is -2.01. The van der Waals surface area contributed by atoms with Crippen molar-refractivity contribution in [2.45, 2.75) is 0 Å². The summed E-state index contributed by atoms with van der Waals surface area (Å²) in [7, 11) is 0. The van der Waals surface area contributed by atoms with Crippen LogP contribution >= 0.6 is 0 Å².